The Hall–Kier alpha value is -5.51. The van der Waals surface area contributed by atoms with Crippen molar-refractivity contribution in [1.29, 1.82) is 0 Å². The third-order valence-electron chi connectivity index (χ3n) is 8.37. The van der Waals surface area contributed by atoms with Crippen LogP contribution < -0.4 is 16.2 Å². The van der Waals surface area contributed by atoms with E-state index in [0.717, 1.165) is 27.7 Å². The van der Waals surface area contributed by atoms with Gasteiger partial charge >= 0.3 is 6.09 Å². The highest BCUT2D eigenvalue weighted by molar-refractivity contribution is 6.01. The quantitative estimate of drug-likeness (QED) is 0.189. The van der Waals surface area contributed by atoms with Crippen LogP contribution in [0.25, 0.3) is 33.3 Å². The molecule has 1 aliphatic rings. The molecule has 2 aromatic heterocycles. The molecule has 1 saturated heterocycles. The van der Waals surface area contributed by atoms with E-state index in [9.17, 15) is 14.4 Å². The monoisotopic (exact) mass is 644 g/mol. The van der Waals surface area contributed by atoms with Crippen LogP contribution in [0.5, 0.6) is 0 Å². The summed E-state index contributed by atoms with van der Waals surface area (Å²) in [5, 5.41) is 12.2. The molecule has 1 fully saturated rings. The van der Waals surface area contributed by atoms with Gasteiger partial charge in [0.1, 0.15) is 11.3 Å². The third kappa shape index (κ3) is 7.07. The molecule has 6 rings (SSSR count). The summed E-state index contributed by atoms with van der Waals surface area (Å²) in [4.78, 5) is 46.1. The Morgan fingerprint density at radius 2 is 1.62 bits per heavy atom. The number of hydrogen-bond donors (Lipinski definition) is 2. The van der Waals surface area contributed by atoms with Crippen molar-refractivity contribution in [3.8, 4) is 22.4 Å². The smallest absolute Gasteiger partial charge is 0.410 e. The Kier molecular flexibility index (Phi) is 9.25. The van der Waals surface area contributed by atoms with E-state index in [-0.39, 0.29) is 23.5 Å². The molecular formula is C38H40N6O4. The second kappa shape index (κ2) is 13.7. The summed E-state index contributed by atoms with van der Waals surface area (Å²) in [6.45, 7) is 8.62. The van der Waals surface area contributed by atoms with Gasteiger partial charge in [0.15, 0.2) is 0 Å². The topological polar surface area (TPSA) is 118 Å². The number of piperidine rings is 1. The number of carbonyl (C=O) groups is 2. The first-order valence-electron chi connectivity index (χ1n) is 16.3. The van der Waals surface area contributed by atoms with Crippen molar-refractivity contribution >= 4 is 40.0 Å². The van der Waals surface area contributed by atoms with Gasteiger partial charge in [-0.25, -0.2) is 9.48 Å². The van der Waals surface area contributed by atoms with Crippen LogP contribution in [0.4, 0.5) is 21.9 Å². The van der Waals surface area contributed by atoms with Crippen LogP contribution >= 0.6 is 0 Å². The molecule has 0 radical (unpaired) electrons. The molecule has 48 heavy (non-hydrogen) atoms. The van der Waals surface area contributed by atoms with Crippen LogP contribution in [0.3, 0.4) is 0 Å². The summed E-state index contributed by atoms with van der Waals surface area (Å²) < 4.78 is 6.96. The lowest BCUT2D eigenvalue weighted by Gasteiger charge is -2.33. The molecule has 0 unspecified atom stereocenters. The number of likely N-dealkylation sites (tertiary alicyclic amines) is 1. The Balaban J connectivity index is 1.36. The van der Waals surface area contributed by atoms with Crippen molar-refractivity contribution in [3.63, 3.8) is 0 Å². The fraction of sp³-hybridized carbons (Fsp3) is 0.289. The molecule has 10 nitrogen and oxygen atoms in total. The number of benzene rings is 3. The molecule has 3 heterocycles. The molecule has 5 aromatic rings. The summed E-state index contributed by atoms with van der Waals surface area (Å²) in [5.41, 5.74) is 4.70. The molecule has 2 amide bonds. The number of carbonyl (C=O) groups excluding carboxylic acids is 2. The van der Waals surface area contributed by atoms with Gasteiger partial charge in [0, 0.05) is 48.4 Å². The number of amides is 2. The van der Waals surface area contributed by atoms with Crippen LogP contribution in [-0.4, -0.2) is 50.4 Å². The van der Waals surface area contributed by atoms with Gasteiger partial charge in [-0.3, -0.25) is 14.6 Å². The summed E-state index contributed by atoms with van der Waals surface area (Å²) in [5.74, 6) is -0.414. The average molecular weight is 645 g/mol. The summed E-state index contributed by atoms with van der Waals surface area (Å²) >= 11 is 0. The van der Waals surface area contributed by atoms with Crippen molar-refractivity contribution in [3.05, 3.63) is 101 Å². The number of nitrogens with zero attached hydrogens (tertiary/aromatic N) is 4. The highest BCUT2D eigenvalue weighted by atomic mass is 16.6. The predicted molar refractivity (Wildman–Crippen MR) is 189 cm³/mol. The maximum absolute atomic E-state index is 13.8. The summed E-state index contributed by atoms with van der Waals surface area (Å²) in [6.07, 6.45) is 2.42. The first kappa shape index (κ1) is 32.4. The number of pyridine rings is 1. The predicted octanol–water partition coefficient (Wildman–Crippen LogP) is 7.47. The van der Waals surface area contributed by atoms with E-state index < -0.39 is 5.60 Å². The van der Waals surface area contributed by atoms with Gasteiger partial charge in [-0.15, -0.1) is 0 Å². The highest BCUT2D eigenvalue weighted by Gasteiger charge is 2.30. The molecule has 0 bridgehead atoms. The van der Waals surface area contributed by atoms with Crippen LogP contribution in [0.1, 0.15) is 40.5 Å². The molecule has 246 valence electrons. The Bertz CT molecular complexity index is 2010. The van der Waals surface area contributed by atoms with E-state index >= 15 is 0 Å². The van der Waals surface area contributed by atoms with Crippen LogP contribution in [0.15, 0.2) is 95.9 Å². The fourth-order valence-electron chi connectivity index (χ4n) is 6.00. The zero-order chi connectivity index (χ0) is 33.8. The van der Waals surface area contributed by atoms with E-state index in [1.165, 1.54) is 4.68 Å². The first-order chi connectivity index (χ1) is 23.1. The van der Waals surface area contributed by atoms with Crippen molar-refractivity contribution in [2.75, 3.05) is 23.7 Å². The number of aromatic nitrogens is 3. The minimum atomic E-state index is -0.582. The van der Waals surface area contributed by atoms with Crippen molar-refractivity contribution in [1.82, 2.24) is 19.7 Å². The molecule has 0 spiro atoms. The van der Waals surface area contributed by atoms with Gasteiger partial charge in [0.2, 0.25) is 5.91 Å². The lowest BCUT2D eigenvalue weighted by Crippen LogP contribution is -2.43. The largest absolute Gasteiger partial charge is 0.444 e. The van der Waals surface area contributed by atoms with Gasteiger partial charge in [0.05, 0.1) is 16.9 Å². The Morgan fingerprint density at radius 3 is 2.35 bits per heavy atom. The molecule has 0 saturated carbocycles. The maximum atomic E-state index is 13.8. The average Bonchev–Trinajstić information content (AvgIpc) is 3.09. The lowest BCUT2D eigenvalue weighted by atomic mass is 9.93. The van der Waals surface area contributed by atoms with Gasteiger partial charge < -0.3 is 20.3 Å². The number of rotatable bonds is 7. The van der Waals surface area contributed by atoms with Crippen LogP contribution in [0.2, 0.25) is 0 Å². The van der Waals surface area contributed by atoms with E-state index in [4.69, 9.17) is 9.84 Å². The zero-order valence-electron chi connectivity index (χ0n) is 27.7. The van der Waals surface area contributed by atoms with Gasteiger partial charge in [-0.05, 0) is 88.1 Å². The minimum Gasteiger partial charge on any atom is -0.444 e. The Labute approximate surface area is 279 Å². The third-order valence-corrected chi connectivity index (χ3v) is 8.37. The molecule has 1 aliphatic heterocycles. The van der Waals surface area contributed by atoms with Crippen molar-refractivity contribution in [2.45, 2.75) is 52.7 Å². The minimum absolute atomic E-state index is 0.129. The van der Waals surface area contributed by atoms with E-state index in [0.29, 0.717) is 55.1 Å². The molecule has 2 N–H and O–H groups in total. The standard InChI is InChI=1S/C38H40N6O4/c1-5-44-36(46)33(40-30-17-10-16-29-28(30)15-11-21-39-29)24-32(42-44)34-27(25-12-7-6-8-13-25)14-9-18-31(34)41-35(45)26-19-22-43(23-20-26)37(47)48-38(2,3)4/h6-18,21,24,26,40H,5,19-20,22-23H2,1-4H3,(H,41,45). The SMILES string of the molecule is CCn1nc(-c2c(NC(=O)C3CCN(C(=O)OC(C)(C)C)CC3)cccc2-c2ccccc2)cc(Nc2cccc3ncccc23)c1=O. The van der Waals surface area contributed by atoms with E-state index in [1.54, 1.807) is 17.2 Å². The molecule has 0 aliphatic carbocycles. The number of hydrogen-bond acceptors (Lipinski definition) is 7. The van der Waals surface area contributed by atoms with E-state index in [1.807, 2.05) is 107 Å². The first-order valence-corrected chi connectivity index (χ1v) is 16.3. The van der Waals surface area contributed by atoms with Gasteiger partial charge in [-0.1, -0.05) is 48.5 Å². The number of aryl methyl sites for hydroxylation is 1. The van der Waals surface area contributed by atoms with Gasteiger partial charge in [0.25, 0.3) is 5.56 Å². The second-order valence-corrected chi connectivity index (χ2v) is 12.9. The molecule has 3 aromatic carbocycles. The summed E-state index contributed by atoms with van der Waals surface area (Å²) in [6, 6.07) is 27.0. The maximum Gasteiger partial charge on any atom is 0.410 e. The molecule has 0 atom stereocenters. The van der Waals surface area contributed by atoms with Crippen LogP contribution in [-0.2, 0) is 16.1 Å². The zero-order valence-corrected chi connectivity index (χ0v) is 27.7. The number of fused-ring (bicyclic) bond motifs is 1. The number of anilines is 3. The van der Waals surface area contributed by atoms with Crippen molar-refractivity contribution in [2.24, 2.45) is 5.92 Å². The second-order valence-electron chi connectivity index (χ2n) is 12.9. The fourth-order valence-corrected chi connectivity index (χ4v) is 6.00. The molecular weight excluding hydrogens is 604 g/mol. The lowest BCUT2D eigenvalue weighted by molar-refractivity contribution is -0.121. The Morgan fingerprint density at radius 1 is 0.896 bits per heavy atom. The van der Waals surface area contributed by atoms with Crippen LogP contribution in [0, 0.1) is 5.92 Å². The highest BCUT2D eigenvalue weighted by Crippen LogP contribution is 2.38. The van der Waals surface area contributed by atoms with E-state index in [2.05, 4.69) is 15.6 Å². The van der Waals surface area contributed by atoms with Gasteiger partial charge in [-0.2, -0.15) is 5.10 Å². The normalized spacial score (nSPS) is 13.7. The van der Waals surface area contributed by atoms with Crippen molar-refractivity contribution < 1.29 is 14.3 Å². The summed E-state index contributed by atoms with van der Waals surface area (Å²) in [7, 11) is 0. The number of ether oxygens (including phenoxy) is 1. The number of nitrogens with one attached hydrogen (secondary N) is 2. The molecule has 10 heteroatoms.